The van der Waals surface area contributed by atoms with Crippen LogP contribution in [-0.4, -0.2) is 27.7 Å². The van der Waals surface area contributed by atoms with Crippen molar-refractivity contribution in [2.24, 2.45) is 0 Å². The Bertz CT molecular complexity index is 842. The van der Waals surface area contributed by atoms with Crippen molar-refractivity contribution in [2.75, 3.05) is 6.54 Å². The molecule has 0 fully saturated rings. The summed E-state index contributed by atoms with van der Waals surface area (Å²) >= 11 is 4.90. The highest BCUT2D eigenvalue weighted by Crippen LogP contribution is 2.35. The minimum Gasteiger partial charge on any atom is -0.355 e. The molecular formula is C17H19N3OS3. The smallest absolute Gasteiger partial charge is 0.233 e. The van der Waals surface area contributed by atoms with Crippen LogP contribution in [0.25, 0.3) is 10.2 Å². The molecule has 126 valence electrons. The first kappa shape index (κ1) is 17.4. The number of thioether (sulfide) groups is 1. The Morgan fingerprint density at radius 2 is 2.21 bits per heavy atom. The van der Waals surface area contributed by atoms with Gasteiger partial charge in [0.1, 0.15) is 16.2 Å². The first-order chi connectivity index (χ1) is 11.6. The lowest BCUT2D eigenvalue weighted by atomic mass is 10.2. The highest BCUT2D eigenvalue weighted by atomic mass is 32.2. The van der Waals surface area contributed by atoms with E-state index >= 15 is 0 Å². The van der Waals surface area contributed by atoms with E-state index < -0.39 is 0 Å². The molecule has 0 radical (unpaired) electrons. The minimum absolute atomic E-state index is 0.0490. The van der Waals surface area contributed by atoms with Crippen molar-refractivity contribution >= 4 is 50.6 Å². The van der Waals surface area contributed by atoms with Crippen molar-refractivity contribution in [3.8, 4) is 0 Å². The van der Waals surface area contributed by atoms with Crippen molar-refractivity contribution < 1.29 is 4.79 Å². The van der Waals surface area contributed by atoms with Crippen LogP contribution < -0.4 is 5.32 Å². The molecular weight excluding hydrogens is 358 g/mol. The largest absolute Gasteiger partial charge is 0.355 e. The van der Waals surface area contributed by atoms with E-state index in [0.717, 1.165) is 21.7 Å². The molecule has 0 bridgehead atoms. The molecule has 3 rings (SSSR count). The Hall–Kier alpha value is -1.44. The fraction of sp³-hybridized carbons (Fsp3) is 0.353. The van der Waals surface area contributed by atoms with Crippen molar-refractivity contribution in [1.82, 2.24) is 15.3 Å². The maximum atomic E-state index is 12.3. The summed E-state index contributed by atoms with van der Waals surface area (Å²) in [5, 5.41) is 6.86. The van der Waals surface area contributed by atoms with E-state index in [-0.39, 0.29) is 11.2 Å². The summed E-state index contributed by atoms with van der Waals surface area (Å²) in [4.78, 5) is 24.6. The van der Waals surface area contributed by atoms with Crippen LogP contribution in [0.3, 0.4) is 0 Å². The second kappa shape index (κ2) is 7.63. The van der Waals surface area contributed by atoms with E-state index in [1.807, 2.05) is 13.0 Å². The molecule has 3 aromatic heterocycles. The van der Waals surface area contributed by atoms with E-state index in [1.54, 1.807) is 29.0 Å². The molecule has 1 atom stereocenters. The van der Waals surface area contributed by atoms with Crippen molar-refractivity contribution in [2.45, 2.75) is 37.5 Å². The van der Waals surface area contributed by atoms with E-state index in [1.165, 1.54) is 27.1 Å². The third-order valence-electron chi connectivity index (χ3n) is 3.84. The van der Waals surface area contributed by atoms with Gasteiger partial charge in [0.15, 0.2) is 0 Å². The van der Waals surface area contributed by atoms with Gasteiger partial charge in [-0.25, -0.2) is 9.97 Å². The highest BCUT2D eigenvalue weighted by Gasteiger charge is 2.19. The predicted octanol–water partition coefficient (Wildman–Crippen LogP) is 4.21. The molecule has 3 aromatic rings. The van der Waals surface area contributed by atoms with E-state index in [9.17, 15) is 4.79 Å². The van der Waals surface area contributed by atoms with E-state index in [0.29, 0.717) is 6.54 Å². The van der Waals surface area contributed by atoms with Gasteiger partial charge in [-0.3, -0.25) is 4.79 Å². The van der Waals surface area contributed by atoms with Crippen LogP contribution in [0.15, 0.2) is 28.9 Å². The van der Waals surface area contributed by atoms with Crippen LogP contribution in [-0.2, 0) is 11.2 Å². The molecule has 0 aliphatic carbocycles. The maximum absolute atomic E-state index is 12.3. The van der Waals surface area contributed by atoms with Crippen molar-refractivity contribution in [3.63, 3.8) is 0 Å². The van der Waals surface area contributed by atoms with Gasteiger partial charge in [-0.05, 0) is 44.2 Å². The maximum Gasteiger partial charge on any atom is 0.233 e. The average Bonchev–Trinajstić information content (AvgIpc) is 3.17. The molecule has 1 amide bonds. The van der Waals surface area contributed by atoms with Crippen molar-refractivity contribution in [3.05, 3.63) is 39.2 Å². The van der Waals surface area contributed by atoms with Gasteiger partial charge in [-0.15, -0.1) is 22.7 Å². The Morgan fingerprint density at radius 1 is 1.38 bits per heavy atom. The zero-order valence-electron chi connectivity index (χ0n) is 13.8. The minimum atomic E-state index is -0.189. The van der Waals surface area contributed by atoms with Crippen LogP contribution in [0.4, 0.5) is 0 Å². The zero-order valence-corrected chi connectivity index (χ0v) is 16.3. The molecule has 0 spiro atoms. The summed E-state index contributed by atoms with van der Waals surface area (Å²) < 4.78 is 0. The number of fused-ring (bicyclic) bond motifs is 1. The van der Waals surface area contributed by atoms with Crippen LogP contribution in [0.2, 0.25) is 0 Å². The first-order valence-electron chi connectivity index (χ1n) is 7.73. The Kier molecular flexibility index (Phi) is 5.53. The molecule has 3 heterocycles. The Morgan fingerprint density at radius 3 is 2.96 bits per heavy atom. The quantitative estimate of drug-likeness (QED) is 0.516. The molecule has 0 saturated heterocycles. The summed E-state index contributed by atoms with van der Waals surface area (Å²) in [5.74, 6) is 0.0490. The van der Waals surface area contributed by atoms with E-state index in [4.69, 9.17) is 0 Å². The summed E-state index contributed by atoms with van der Waals surface area (Å²) in [5.41, 5.74) is 1.21. The monoisotopic (exact) mass is 377 g/mol. The number of aryl methyl sites for hydroxylation is 2. The normalized spacial score (nSPS) is 12.5. The molecule has 0 saturated carbocycles. The van der Waals surface area contributed by atoms with Gasteiger partial charge in [0.05, 0.1) is 5.25 Å². The Labute approximate surface area is 153 Å². The second-order valence-electron chi connectivity index (χ2n) is 5.52. The number of rotatable bonds is 6. The summed E-state index contributed by atoms with van der Waals surface area (Å²) in [7, 11) is 0. The summed E-state index contributed by atoms with van der Waals surface area (Å²) in [6, 6.07) is 4.13. The number of hydrogen-bond donors (Lipinski definition) is 1. The van der Waals surface area contributed by atoms with Gasteiger partial charge in [0, 0.05) is 21.7 Å². The van der Waals surface area contributed by atoms with Crippen LogP contribution in [0.5, 0.6) is 0 Å². The van der Waals surface area contributed by atoms with Crippen molar-refractivity contribution in [1.29, 1.82) is 0 Å². The third-order valence-corrected chi connectivity index (χ3v) is 6.99. The molecule has 7 heteroatoms. The molecule has 1 N–H and O–H groups in total. The molecule has 4 nitrogen and oxygen atoms in total. The fourth-order valence-corrected chi connectivity index (χ4v) is 5.14. The summed E-state index contributed by atoms with van der Waals surface area (Å²) in [6.07, 6.45) is 2.46. The van der Waals surface area contributed by atoms with Gasteiger partial charge in [0.25, 0.3) is 0 Å². The highest BCUT2D eigenvalue weighted by molar-refractivity contribution is 8.00. The zero-order chi connectivity index (χ0) is 17.1. The van der Waals surface area contributed by atoms with E-state index in [2.05, 4.69) is 40.6 Å². The number of amides is 1. The van der Waals surface area contributed by atoms with Gasteiger partial charge >= 0.3 is 0 Å². The van der Waals surface area contributed by atoms with Gasteiger partial charge < -0.3 is 5.32 Å². The number of carbonyl (C=O) groups excluding carboxylic acids is 1. The second-order valence-corrected chi connectivity index (χ2v) is 9.09. The number of nitrogens with one attached hydrogen (secondary N) is 1. The topological polar surface area (TPSA) is 54.9 Å². The lowest BCUT2D eigenvalue weighted by Gasteiger charge is -2.12. The van der Waals surface area contributed by atoms with Gasteiger partial charge in [0.2, 0.25) is 5.91 Å². The molecule has 0 aliphatic rings. The average molecular weight is 378 g/mol. The molecule has 0 aliphatic heterocycles. The number of nitrogens with zero attached hydrogens (tertiary/aromatic N) is 2. The number of thiophene rings is 2. The predicted molar refractivity (Wildman–Crippen MR) is 103 cm³/mol. The lowest BCUT2D eigenvalue weighted by Crippen LogP contribution is -2.32. The number of carbonyl (C=O) groups is 1. The third kappa shape index (κ3) is 3.79. The number of hydrogen-bond acceptors (Lipinski definition) is 6. The Balaban J connectivity index is 1.64. The van der Waals surface area contributed by atoms with Gasteiger partial charge in [-0.1, -0.05) is 17.8 Å². The fourth-order valence-electron chi connectivity index (χ4n) is 2.37. The van der Waals surface area contributed by atoms with Crippen LogP contribution in [0, 0.1) is 13.8 Å². The van der Waals surface area contributed by atoms with Gasteiger partial charge in [-0.2, -0.15) is 0 Å². The summed E-state index contributed by atoms with van der Waals surface area (Å²) in [6.45, 7) is 6.78. The van der Waals surface area contributed by atoms with Crippen LogP contribution >= 0.6 is 34.4 Å². The lowest BCUT2D eigenvalue weighted by molar-refractivity contribution is -0.120. The SMILES string of the molecule is Cc1sc2ncnc(SC(C)C(=O)NCCc3cccs3)c2c1C. The molecule has 0 aromatic carbocycles. The molecule has 1 unspecified atom stereocenters. The first-order valence-corrected chi connectivity index (χ1v) is 10.3. The standard InChI is InChI=1S/C17H19N3OS3/c1-10-11(2)23-16-14(10)17(20-9-19-16)24-12(3)15(21)18-7-6-13-5-4-8-22-13/h4-5,8-9,12H,6-7H2,1-3H3,(H,18,21). The molecule has 24 heavy (non-hydrogen) atoms. The number of aromatic nitrogens is 2. The van der Waals surface area contributed by atoms with Crippen LogP contribution in [0.1, 0.15) is 22.2 Å².